The highest BCUT2D eigenvalue weighted by Gasteiger charge is 2.34. The molecule has 2 nitrogen and oxygen atoms in total. The molecule has 0 radical (unpaired) electrons. The third-order valence-electron chi connectivity index (χ3n) is 4.14. The molecule has 0 bridgehead atoms. The molecule has 2 saturated carbocycles. The molecule has 2 aliphatic rings. The van der Waals surface area contributed by atoms with Crippen LogP contribution in [0.2, 0.25) is 0 Å². The highest BCUT2D eigenvalue weighted by atomic mass is 14.9. The van der Waals surface area contributed by atoms with Crippen molar-refractivity contribution < 1.29 is 0 Å². The summed E-state index contributed by atoms with van der Waals surface area (Å²) in [5.74, 6) is 2.03. The summed E-state index contributed by atoms with van der Waals surface area (Å²) in [7, 11) is 0. The van der Waals surface area contributed by atoms with E-state index in [1.807, 2.05) is 13.8 Å². The Morgan fingerprint density at radius 1 is 1.19 bits per heavy atom. The predicted octanol–water partition coefficient (Wildman–Crippen LogP) is 3.09. The van der Waals surface area contributed by atoms with Crippen LogP contribution in [0, 0.1) is 28.6 Å². The fourth-order valence-corrected chi connectivity index (χ4v) is 2.85. The third kappa shape index (κ3) is 3.22. The summed E-state index contributed by atoms with van der Waals surface area (Å²) in [5, 5.41) is 12.6. The molecule has 2 fully saturated rings. The van der Waals surface area contributed by atoms with Crippen molar-refractivity contribution >= 4 is 0 Å². The van der Waals surface area contributed by atoms with Crippen molar-refractivity contribution in [3.8, 4) is 6.07 Å². The molecule has 16 heavy (non-hydrogen) atoms. The van der Waals surface area contributed by atoms with Gasteiger partial charge in [-0.05, 0) is 51.4 Å². The molecule has 2 heteroatoms. The lowest BCUT2D eigenvalue weighted by atomic mass is 9.82. The summed E-state index contributed by atoms with van der Waals surface area (Å²) >= 11 is 0. The zero-order valence-corrected chi connectivity index (χ0v) is 10.6. The molecular formula is C14H24N2. The summed E-state index contributed by atoms with van der Waals surface area (Å²) in [5.41, 5.74) is -0.216. The number of nitrogens with zero attached hydrogens (tertiary/aromatic N) is 1. The molecule has 0 aliphatic heterocycles. The Morgan fingerprint density at radius 2 is 1.94 bits per heavy atom. The van der Waals surface area contributed by atoms with E-state index < -0.39 is 0 Å². The quantitative estimate of drug-likeness (QED) is 0.790. The lowest BCUT2D eigenvalue weighted by molar-refractivity contribution is 0.248. The first-order chi connectivity index (χ1) is 7.61. The van der Waals surface area contributed by atoms with Crippen molar-refractivity contribution in [2.75, 3.05) is 6.54 Å². The van der Waals surface area contributed by atoms with E-state index in [0.29, 0.717) is 6.04 Å². The van der Waals surface area contributed by atoms with Gasteiger partial charge in [-0.2, -0.15) is 5.26 Å². The van der Waals surface area contributed by atoms with Gasteiger partial charge < -0.3 is 5.32 Å². The van der Waals surface area contributed by atoms with Gasteiger partial charge in [0.2, 0.25) is 0 Å². The van der Waals surface area contributed by atoms with Gasteiger partial charge in [-0.15, -0.1) is 0 Å². The number of hydrogen-bond donors (Lipinski definition) is 1. The largest absolute Gasteiger partial charge is 0.312 e. The molecule has 90 valence electrons. The van der Waals surface area contributed by atoms with Crippen molar-refractivity contribution in [2.24, 2.45) is 17.3 Å². The zero-order valence-electron chi connectivity index (χ0n) is 10.6. The molecule has 1 N–H and O–H groups in total. The minimum absolute atomic E-state index is 0.216. The van der Waals surface area contributed by atoms with Crippen LogP contribution in [0.5, 0.6) is 0 Å². The second-order valence-electron chi connectivity index (χ2n) is 6.34. The van der Waals surface area contributed by atoms with Crippen LogP contribution >= 0.6 is 0 Å². The van der Waals surface area contributed by atoms with E-state index >= 15 is 0 Å². The molecule has 0 aromatic rings. The highest BCUT2D eigenvalue weighted by molar-refractivity contribution is 4.95. The van der Waals surface area contributed by atoms with Gasteiger partial charge in [-0.1, -0.05) is 12.8 Å². The van der Waals surface area contributed by atoms with Crippen molar-refractivity contribution in [3.05, 3.63) is 0 Å². The number of hydrogen-bond acceptors (Lipinski definition) is 2. The van der Waals surface area contributed by atoms with Gasteiger partial charge in [0.25, 0.3) is 0 Å². The fraction of sp³-hybridized carbons (Fsp3) is 0.929. The summed E-state index contributed by atoms with van der Waals surface area (Å²) in [6.45, 7) is 4.87. The smallest absolute Gasteiger partial charge is 0.0697 e. The zero-order chi connectivity index (χ0) is 11.6. The van der Waals surface area contributed by atoms with Gasteiger partial charge in [-0.3, -0.25) is 0 Å². The van der Waals surface area contributed by atoms with Gasteiger partial charge in [0.15, 0.2) is 0 Å². The Kier molecular flexibility index (Phi) is 3.54. The van der Waals surface area contributed by atoms with Gasteiger partial charge in [0, 0.05) is 12.6 Å². The molecular weight excluding hydrogens is 196 g/mol. The summed E-state index contributed by atoms with van der Waals surface area (Å²) in [4.78, 5) is 0. The average Bonchev–Trinajstić information content (AvgIpc) is 3.11. The molecule has 2 rings (SSSR count). The molecule has 0 aromatic heterocycles. The Labute approximate surface area is 99.4 Å². The maximum absolute atomic E-state index is 8.98. The van der Waals surface area contributed by atoms with Crippen LogP contribution in [-0.2, 0) is 0 Å². The second-order valence-corrected chi connectivity index (χ2v) is 6.34. The molecule has 0 spiro atoms. The lowest BCUT2D eigenvalue weighted by Crippen LogP contribution is -2.39. The lowest BCUT2D eigenvalue weighted by Gasteiger charge is -2.31. The molecule has 0 heterocycles. The normalized spacial score (nSPS) is 31.1. The van der Waals surface area contributed by atoms with Crippen molar-refractivity contribution in [1.29, 1.82) is 5.26 Å². The van der Waals surface area contributed by atoms with E-state index in [2.05, 4.69) is 11.4 Å². The third-order valence-corrected chi connectivity index (χ3v) is 4.14. The van der Waals surface area contributed by atoms with Crippen molar-refractivity contribution in [2.45, 2.75) is 58.4 Å². The van der Waals surface area contributed by atoms with E-state index in [-0.39, 0.29) is 5.41 Å². The van der Waals surface area contributed by atoms with E-state index in [1.165, 1.54) is 38.5 Å². The Balaban J connectivity index is 1.75. The first-order valence-electron chi connectivity index (χ1n) is 6.75. The minimum Gasteiger partial charge on any atom is -0.312 e. The van der Waals surface area contributed by atoms with Gasteiger partial charge in [-0.25, -0.2) is 0 Å². The maximum atomic E-state index is 8.98. The first-order valence-corrected chi connectivity index (χ1v) is 6.75. The number of rotatable bonds is 4. The van der Waals surface area contributed by atoms with E-state index in [0.717, 1.165) is 18.4 Å². The van der Waals surface area contributed by atoms with E-state index in [9.17, 15) is 0 Å². The molecule has 0 saturated heterocycles. The molecule has 2 atom stereocenters. The molecule has 2 aliphatic carbocycles. The van der Waals surface area contributed by atoms with Crippen LogP contribution < -0.4 is 5.32 Å². The number of nitriles is 1. The van der Waals surface area contributed by atoms with Gasteiger partial charge in [0.05, 0.1) is 11.5 Å². The van der Waals surface area contributed by atoms with Crippen LogP contribution in [0.1, 0.15) is 52.4 Å². The van der Waals surface area contributed by atoms with Crippen LogP contribution in [0.4, 0.5) is 0 Å². The SMILES string of the molecule is CC(C)(C#N)CNC1CCCC(C2CC2)C1. The number of nitrogens with one attached hydrogen (secondary N) is 1. The monoisotopic (exact) mass is 220 g/mol. The second kappa shape index (κ2) is 4.75. The van der Waals surface area contributed by atoms with Crippen molar-refractivity contribution in [1.82, 2.24) is 5.32 Å². The molecule has 2 unspecified atom stereocenters. The Bertz CT molecular complexity index is 273. The summed E-state index contributed by atoms with van der Waals surface area (Å²) in [6, 6.07) is 3.04. The van der Waals surface area contributed by atoms with E-state index in [4.69, 9.17) is 5.26 Å². The van der Waals surface area contributed by atoms with Crippen LogP contribution in [0.25, 0.3) is 0 Å². The summed E-state index contributed by atoms with van der Waals surface area (Å²) < 4.78 is 0. The highest BCUT2D eigenvalue weighted by Crippen LogP contribution is 2.43. The fourth-order valence-electron chi connectivity index (χ4n) is 2.85. The minimum atomic E-state index is -0.216. The van der Waals surface area contributed by atoms with Crippen LogP contribution in [0.15, 0.2) is 0 Å². The average molecular weight is 220 g/mol. The molecule has 0 aromatic carbocycles. The predicted molar refractivity (Wildman–Crippen MR) is 65.9 cm³/mol. The van der Waals surface area contributed by atoms with E-state index in [1.54, 1.807) is 0 Å². The topological polar surface area (TPSA) is 35.8 Å². The Hall–Kier alpha value is -0.550. The Morgan fingerprint density at radius 3 is 2.56 bits per heavy atom. The summed E-state index contributed by atoms with van der Waals surface area (Å²) in [6.07, 6.45) is 8.44. The van der Waals surface area contributed by atoms with Crippen molar-refractivity contribution in [3.63, 3.8) is 0 Å². The maximum Gasteiger partial charge on any atom is 0.0697 e. The van der Waals surface area contributed by atoms with Crippen LogP contribution in [-0.4, -0.2) is 12.6 Å². The van der Waals surface area contributed by atoms with Crippen LogP contribution in [0.3, 0.4) is 0 Å². The van der Waals surface area contributed by atoms with Gasteiger partial charge in [0.1, 0.15) is 0 Å². The first kappa shape index (κ1) is 11.9. The molecule has 0 amide bonds. The standard InChI is InChI=1S/C14H24N2/c1-14(2,9-15)10-16-13-5-3-4-12(8-13)11-6-7-11/h11-13,16H,3-8,10H2,1-2H3. The van der Waals surface area contributed by atoms with Gasteiger partial charge >= 0.3 is 0 Å².